The van der Waals surface area contributed by atoms with Crippen molar-refractivity contribution in [1.82, 2.24) is 4.72 Å². The maximum Gasteiger partial charge on any atom is 0.416 e. The first-order valence-corrected chi connectivity index (χ1v) is 8.34. The lowest BCUT2D eigenvalue weighted by Crippen LogP contribution is -2.32. The van der Waals surface area contributed by atoms with Crippen molar-refractivity contribution in [2.24, 2.45) is 0 Å². The van der Waals surface area contributed by atoms with Gasteiger partial charge in [-0.15, -0.1) is 0 Å². The summed E-state index contributed by atoms with van der Waals surface area (Å²) in [5, 5.41) is 0. The van der Waals surface area contributed by atoms with Gasteiger partial charge in [-0.2, -0.15) is 13.2 Å². The summed E-state index contributed by atoms with van der Waals surface area (Å²) in [7, 11) is -3.93. The van der Waals surface area contributed by atoms with Crippen LogP contribution in [0.1, 0.15) is 45.1 Å². The standard InChI is InChI=1S/C14H20F3NO2S/c1-3-4-5-7-11(2)18-21(19,20)13-9-6-8-12(10-13)14(15,16)17/h6,8-11,18H,3-5,7H2,1-2H3. The average molecular weight is 323 g/mol. The molecule has 0 heterocycles. The second-order valence-electron chi connectivity index (χ2n) is 5.04. The van der Waals surface area contributed by atoms with Gasteiger partial charge in [-0.25, -0.2) is 13.1 Å². The van der Waals surface area contributed by atoms with Gasteiger partial charge in [0, 0.05) is 6.04 Å². The summed E-state index contributed by atoms with van der Waals surface area (Å²) in [6, 6.07) is 3.45. The highest BCUT2D eigenvalue weighted by atomic mass is 32.2. The van der Waals surface area contributed by atoms with Crippen LogP contribution in [0.15, 0.2) is 29.2 Å². The molecule has 1 aromatic rings. The Labute approximate surface area is 123 Å². The van der Waals surface area contributed by atoms with Crippen LogP contribution in [0, 0.1) is 0 Å². The highest BCUT2D eigenvalue weighted by molar-refractivity contribution is 7.89. The lowest BCUT2D eigenvalue weighted by Gasteiger charge is -2.15. The SMILES string of the molecule is CCCCCC(C)NS(=O)(=O)c1cccc(C(F)(F)F)c1. The Morgan fingerprint density at radius 1 is 1.24 bits per heavy atom. The zero-order valence-electron chi connectivity index (χ0n) is 12.1. The zero-order chi connectivity index (χ0) is 16.1. The Hall–Kier alpha value is -1.08. The fourth-order valence-corrected chi connectivity index (χ4v) is 3.26. The Bertz CT molecular complexity index is 556. The van der Waals surface area contributed by atoms with Crippen LogP contribution in [-0.4, -0.2) is 14.5 Å². The van der Waals surface area contributed by atoms with E-state index in [9.17, 15) is 21.6 Å². The van der Waals surface area contributed by atoms with Gasteiger partial charge in [0.25, 0.3) is 0 Å². The van der Waals surface area contributed by atoms with E-state index < -0.39 is 21.8 Å². The first-order valence-electron chi connectivity index (χ1n) is 6.86. The van der Waals surface area contributed by atoms with Crippen molar-refractivity contribution in [3.05, 3.63) is 29.8 Å². The van der Waals surface area contributed by atoms with Crippen LogP contribution < -0.4 is 4.72 Å². The minimum absolute atomic E-state index is 0.309. The summed E-state index contributed by atoms with van der Waals surface area (Å²) in [6.45, 7) is 3.75. The summed E-state index contributed by atoms with van der Waals surface area (Å²) >= 11 is 0. The minimum atomic E-state index is -4.56. The van der Waals surface area contributed by atoms with Crippen LogP contribution in [0.3, 0.4) is 0 Å². The van der Waals surface area contributed by atoms with Gasteiger partial charge in [0.1, 0.15) is 0 Å². The third-order valence-corrected chi connectivity index (χ3v) is 4.66. The highest BCUT2D eigenvalue weighted by Gasteiger charge is 2.31. The summed E-state index contributed by atoms with van der Waals surface area (Å²) < 4.78 is 64.4. The summed E-state index contributed by atoms with van der Waals surface area (Å²) in [4.78, 5) is -0.361. The number of sulfonamides is 1. The van der Waals surface area contributed by atoms with Crippen LogP contribution in [-0.2, 0) is 16.2 Å². The van der Waals surface area contributed by atoms with Crippen molar-refractivity contribution < 1.29 is 21.6 Å². The summed E-state index contributed by atoms with van der Waals surface area (Å²) in [5.74, 6) is 0. The van der Waals surface area contributed by atoms with Gasteiger partial charge in [0.15, 0.2) is 0 Å². The van der Waals surface area contributed by atoms with E-state index in [1.807, 2.05) is 6.92 Å². The molecule has 0 bridgehead atoms. The lowest BCUT2D eigenvalue weighted by atomic mass is 10.1. The van der Waals surface area contributed by atoms with Gasteiger partial charge in [-0.3, -0.25) is 0 Å². The van der Waals surface area contributed by atoms with Crippen LogP contribution >= 0.6 is 0 Å². The van der Waals surface area contributed by atoms with E-state index in [-0.39, 0.29) is 10.9 Å². The molecule has 0 aliphatic carbocycles. The molecule has 0 amide bonds. The number of hydrogen-bond donors (Lipinski definition) is 1. The van der Waals surface area contributed by atoms with Gasteiger partial charge < -0.3 is 0 Å². The van der Waals surface area contributed by atoms with Crippen molar-refractivity contribution in [3.63, 3.8) is 0 Å². The molecule has 0 spiro atoms. The number of nitrogens with one attached hydrogen (secondary N) is 1. The predicted octanol–water partition coefficient (Wildman–Crippen LogP) is 3.95. The van der Waals surface area contributed by atoms with Crippen LogP contribution in [0.2, 0.25) is 0 Å². The monoisotopic (exact) mass is 323 g/mol. The Morgan fingerprint density at radius 3 is 2.48 bits per heavy atom. The molecular weight excluding hydrogens is 303 g/mol. The maximum atomic E-state index is 12.6. The molecule has 0 saturated heterocycles. The van der Waals surface area contributed by atoms with Crippen molar-refractivity contribution in [2.75, 3.05) is 0 Å². The van der Waals surface area contributed by atoms with Gasteiger partial charge >= 0.3 is 6.18 Å². The second kappa shape index (κ2) is 7.26. The van der Waals surface area contributed by atoms with Crippen LogP contribution in [0.5, 0.6) is 0 Å². The quantitative estimate of drug-likeness (QED) is 0.772. The maximum absolute atomic E-state index is 12.6. The molecule has 0 saturated carbocycles. The molecule has 1 unspecified atom stereocenters. The smallest absolute Gasteiger partial charge is 0.208 e. The summed E-state index contributed by atoms with van der Waals surface area (Å²) in [5.41, 5.74) is -0.969. The van der Waals surface area contributed by atoms with Crippen molar-refractivity contribution >= 4 is 10.0 Å². The molecule has 3 nitrogen and oxygen atoms in total. The lowest BCUT2D eigenvalue weighted by molar-refractivity contribution is -0.137. The molecule has 7 heteroatoms. The van der Waals surface area contributed by atoms with Gasteiger partial charge in [-0.05, 0) is 31.5 Å². The molecule has 1 N–H and O–H groups in total. The van der Waals surface area contributed by atoms with E-state index >= 15 is 0 Å². The number of rotatable bonds is 7. The van der Waals surface area contributed by atoms with E-state index in [2.05, 4.69) is 4.72 Å². The van der Waals surface area contributed by atoms with Gasteiger partial charge in [0.05, 0.1) is 10.5 Å². The molecule has 0 aromatic heterocycles. The molecule has 0 aliphatic rings. The summed E-state index contributed by atoms with van der Waals surface area (Å²) in [6.07, 6.45) is -1.00. The normalized spacial score (nSPS) is 14.1. The number of alkyl halides is 3. The molecule has 21 heavy (non-hydrogen) atoms. The van der Waals surface area contributed by atoms with E-state index in [0.717, 1.165) is 37.5 Å². The molecule has 0 fully saturated rings. The number of hydrogen-bond acceptors (Lipinski definition) is 2. The Balaban J connectivity index is 2.83. The number of unbranched alkanes of at least 4 members (excludes halogenated alkanes) is 2. The van der Waals surface area contributed by atoms with E-state index in [1.165, 1.54) is 0 Å². The Kier molecular flexibility index (Phi) is 6.22. The molecule has 0 aliphatic heterocycles. The van der Waals surface area contributed by atoms with E-state index in [0.29, 0.717) is 12.5 Å². The molecule has 0 radical (unpaired) electrons. The number of benzene rings is 1. The van der Waals surface area contributed by atoms with Gasteiger partial charge in [0.2, 0.25) is 10.0 Å². The van der Waals surface area contributed by atoms with Gasteiger partial charge in [-0.1, -0.05) is 32.3 Å². The van der Waals surface area contributed by atoms with Crippen molar-refractivity contribution in [2.45, 2.75) is 56.6 Å². The first-order chi connectivity index (χ1) is 9.66. The van der Waals surface area contributed by atoms with Crippen molar-refractivity contribution in [3.8, 4) is 0 Å². The average Bonchev–Trinajstić information content (AvgIpc) is 2.37. The fraction of sp³-hybridized carbons (Fsp3) is 0.571. The second-order valence-corrected chi connectivity index (χ2v) is 6.76. The van der Waals surface area contributed by atoms with Crippen molar-refractivity contribution in [1.29, 1.82) is 0 Å². The zero-order valence-corrected chi connectivity index (χ0v) is 12.9. The largest absolute Gasteiger partial charge is 0.416 e. The van der Waals surface area contributed by atoms with E-state index in [1.54, 1.807) is 6.92 Å². The molecular formula is C14H20F3NO2S. The van der Waals surface area contributed by atoms with Crippen LogP contribution in [0.4, 0.5) is 13.2 Å². The molecule has 1 aromatic carbocycles. The predicted molar refractivity (Wildman–Crippen MR) is 75.4 cm³/mol. The molecule has 120 valence electrons. The van der Waals surface area contributed by atoms with Crippen LogP contribution in [0.25, 0.3) is 0 Å². The van der Waals surface area contributed by atoms with E-state index in [4.69, 9.17) is 0 Å². The fourth-order valence-electron chi connectivity index (χ4n) is 1.93. The number of halogens is 3. The third-order valence-electron chi connectivity index (χ3n) is 3.07. The molecule has 1 atom stereocenters. The first kappa shape index (κ1) is 18.0. The third kappa shape index (κ3) is 5.67. The minimum Gasteiger partial charge on any atom is -0.208 e. The highest BCUT2D eigenvalue weighted by Crippen LogP contribution is 2.30. The molecule has 1 rings (SSSR count). The topological polar surface area (TPSA) is 46.2 Å². The Morgan fingerprint density at radius 2 is 1.90 bits per heavy atom.